The molecule has 0 spiro atoms. The highest BCUT2D eigenvalue weighted by Crippen LogP contribution is 2.09. The molecule has 0 unspecified atom stereocenters. The molecule has 0 aromatic carbocycles. The number of carbonyl (C=O) groups is 3. The molecule has 0 saturated heterocycles. The molecule has 8 heteroatoms. The fraction of sp³-hybridized carbons (Fsp3) is 0.727. The van der Waals surface area contributed by atoms with Gasteiger partial charge in [-0.3, -0.25) is 0 Å². The molecule has 1 amide bonds. The Bertz CT molecular complexity index is 352. The minimum Gasteiger partial charge on any atom is -0.480 e. The summed E-state index contributed by atoms with van der Waals surface area (Å²) >= 11 is 0. The van der Waals surface area contributed by atoms with Gasteiger partial charge >= 0.3 is 18.0 Å². The van der Waals surface area contributed by atoms with Crippen molar-refractivity contribution in [2.45, 2.75) is 45.0 Å². The number of amides is 1. The Kier molecular flexibility index (Phi) is 6.23. The van der Waals surface area contributed by atoms with Gasteiger partial charge in [0.1, 0.15) is 11.6 Å². The molecule has 7 nitrogen and oxygen atoms in total. The number of halogens is 1. The van der Waals surface area contributed by atoms with E-state index in [4.69, 9.17) is 9.84 Å². The number of hydrogen-bond acceptors (Lipinski definition) is 5. The van der Waals surface area contributed by atoms with E-state index in [-0.39, 0.29) is 0 Å². The molecule has 0 aromatic heterocycles. The average Bonchev–Trinajstić information content (AvgIpc) is 2.24. The van der Waals surface area contributed by atoms with Crippen molar-refractivity contribution in [3.8, 4) is 0 Å². The third-order valence-corrected chi connectivity index (χ3v) is 1.89. The molecule has 0 aliphatic rings. The minimum absolute atomic E-state index is 0.735. The summed E-state index contributed by atoms with van der Waals surface area (Å²) in [5, 5.41) is 10.8. The van der Waals surface area contributed by atoms with Gasteiger partial charge in [-0.05, 0) is 20.8 Å². The van der Waals surface area contributed by atoms with Crippen LogP contribution < -0.4 is 5.32 Å². The minimum atomic E-state index is -2.14. The number of nitrogens with one attached hydrogen (secondary N) is 1. The Morgan fingerprint density at radius 2 is 1.84 bits per heavy atom. The van der Waals surface area contributed by atoms with Crippen LogP contribution in [0.25, 0.3) is 0 Å². The number of ether oxygens (including phenoxy) is 2. The molecule has 0 radical (unpaired) electrons. The number of alkyl halides is 1. The number of rotatable bonds is 5. The van der Waals surface area contributed by atoms with Gasteiger partial charge in [-0.25, -0.2) is 18.8 Å². The van der Waals surface area contributed by atoms with E-state index in [0.717, 1.165) is 7.11 Å². The summed E-state index contributed by atoms with van der Waals surface area (Å²) in [6.45, 7) is 4.78. The summed E-state index contributed by atoms with van der Waals surface area (Å²) in [5.74, 6) is -2.67. The van der Waals surface area contributed by atoms with Gasteiger partial charge < -0.3 is 19.9 Å². The lowest BCUT2D eigenvalue weighted by atomic mass is 10.1. The van der Waals surface area contributed by atoms with Crippen molar-refractivity contribution in [2.75, 3.05) is 7.11 Å². The van der Waals surface area contributed by atoms with Gasteiger partial charge in [0.05, 0.1) is 7.11 Å². The number of carbonyl (C=O) groups excluding carboxylic acids is 2. The first-order valence-corrected chi connectivity index (χ1v) is 5.51. The number of carboxylic acid groups (broad SMARTS) is 1. The zero-order valence-corrected chi connectivity index (χ0v) is 11.2. The predicted octanol–water partition coefficient (Wildman–Crippen LogP) is 0.865. The van der Waals surface area contributed by atoms with E-state index in [0.29, 0.717) is 0 Å². The molecule has 0 saturated carbocycles. The van der Waals surface area contributed by atoms with Gasteiger partial charge in [-0.15, -0.1) is 0 Å². The van der Waals surface area contributed by atoms with Crippen molar-refractivity contribution in [2.24, 2.45) is 0 Å². The second-order valence-electron chi connectivity index (χ2n) is 4.76. The zero-order valence-electron chi connectivity index (χ0n) is 11.2. The van der Waals surface area contributed by atoms with E-state index in [2.05, 4.69) is 4.74 Å². The zero-order chi connectivity index (χ0) is 15.2. The molecule has 0 heterocycles. The highest BCUT2D eigenvalue weighted by atomic mass is 19.1. The standard InChI is InChI=1S/C11H18FNO6/c1-11(2,3)19-10(17)13-7(8(14)15)5-6(12)9(16)18-4/h6-7H,5H2,1-4H3,(H,13,17)(H,14,15)/t6-,7-/m0/s1. The van der Waals surface area contributed by atoms with Gasteiger partial charge in [-0.1, -0.05) is 0 Å². The maximum atomic E-state index is 13.3. The van der Waals surface area contributed by atoms with Crippen molar-refractivity contribution < 1.29 is 33.4 Å². The van der Waals surface area contributed by atoms with Crippen LogP contribution in [0.15, 0.2) is 0 Å². The monoisotopic (exact) mass is 279 g/mol. The first-order chi connectivity index (χ1) is 8.56. The van der Waals surface area contributed by atoms with Crippen molar-refractivity contribution in [3.05, 3.63) is 0 Å². The smallest absolute Gasteiger partial charge is 0.408 e. The molecule has 0 bridgehead atoms. The third-order valence-electron chi connectivity index (χ3n) is 1.89. The largest absolute Gasteiger partial charge is 0.480 e. The molecule has 0 rings (SSSR count). The first kappa shape index (κ1) is 17.1. The Balaban J connectivity index is 4.55. The number of methoxy groups -OCH3 is 1. The van der Waals surface area contributed by atoms with Crippen LogP contribution in [0.4, 0.5) is 9.18 Å². The van der Waals surface area contributed by atoms with Crippen LogP contribution in [-0.2, 0) is 19.1 Å². The van der Waals surface area contributed by atoms with Crippen molar-refractivity contribution >= 4 is 18.0 Å². The topological polar surface area (TPSA) is 102 Å². The van der Waals surface area contributed by atoms with Gasteiger partial charge in [0, 0.05) is 6.42 Å². The number of hydrogen-bond donors (Lipinski definition) is 2. The van der Waals surface area contributed by atoms with Crippen LogP contribution in [-0.4, -0.2) is 48.1 Å². The normalized spacial score (nSPS) is 14.2. The second kappa shape index (κ2) is 6.91. The van der Waals surface area contributed by atoms with Crippen molar-refractivity contribution in [3.63, 3.8) is 0 Å². The Morgan fingerprint density at radius 3 is 2.21 bits per heavy atom. The molecule has 0 aliphatic carbocycles. The maximum absolute atomic E-state index is 13.3. The Labute approximate surface area is 110 Å². The average molecular weight is 279 g/mol. The number of carboxylic acids is 1. The van der Waals surface area contributed by atoms with Crippen molar-refractivity contribution in [1.82, 2.24) is 5.32 Å². The van der Waals surface area contributed by atoms with E-state index >= 15 is 0 Å². The quantitative estimate of drug-likeness (QED) is 0.724. The maximum Gasteiger partial charge on any atom is 0.408 e. The number of alkyl carbamates (subject to hydrolysis) is 1. The molecule has 0 fully saturated rings. The van der Waals surface area contributed by atoms with Crippen LogP contribution in [0.3, 0.4) is 0 Å². The molecule has 0 aliphatic heterocycles. The predicted molar refractivity (Wildman–Crippen MR) is 62.3 cm³/mol. The van der Waals surface area contributed by atoms with E-state index in [9.17, 15) is 18.8 Å². The lowest BCUT2D eigenvalue weighted by molar-refractivity contribution is -0.148. The third kappa shape index (κ3) is 7.22. The summed E-state index contributed by atoms with van der Waals surface area (Å²) in [4.78, 5) is 33.1. The molecule has 110 valence electrons. The van der Waals surface area contributed by atoms with Gasteiger partial charge in [0.2, 0.25) is 0 Å². The SMILES string of the molecule is COC(=O)[C@@H](F)C[C@H](NC(=O)OC(C)(C)C)C(=O)O. The number of esters is 1. The Hall–Kier alpha value is -1.86. The lowest BCUT2D eigenvalue weighted by Gasteiger charge is -2.22. The molecule has 2 atom stereocenters. The summed E-state index contributed by atoms with van der Waals surface area (Å²) in [7, 11) is 0.978. The van der Waals surface area contributed by atoms with Crippen LogP contribution >= 0.6 is 0 Å². The van der Waals surface area contributed by atoms with Crippen LogP contribution in [0.5, 0.6) is 0 Å². The van der Waals surface area contributed by atoms with Gasteiger partial charge in [0.15, 0.2) is 6.17 Å². The van der Waals surface area contributed by atoms with Gasteiger partial charge in [-0.2, -0.15) is 0 Å². The number of aliphatic carboxylic acids is 1. The fourth-order valence-electron chi connectivity index (χ4n) is 1.10. The highest BCUT2D eigenvalue weighted by Gasteiger charge is 2.30. The summed E-state index contributed by atoms with van der Waals surface area (Å²) < 4.78 is 22.2. The first-order valence-electron chi connectivity index (χ1n) is 5.51. The Morgan fingerprint density at radius 1 is 1.32 bits per heavy atom. The van der Waals surface area contributed by atoms with Crippen molar-refractivity contribution in [1.29, 1.82) is 0 Å². The molecular formula is C11H18FNO6. The molecular weight excluding hydrogens is 261 g/mol. The molecule has 2 N–H and O–H groups in total. The van der Waals surface area contributed by atoms with E-state index in [1.165, 1.54) is 0 Å². The summed E-state index contributed by atoms with van der Waals surface area (Å²) in [6.07, 6.45) is -3.88. The van der Waals surface area contributed by atoms with E-state index in [1.807, 2.05) is 5.32 Å². The van der Waals surface area contributed by atoms with Crippen LogP contribution in [0.1, 0.15) is 27.2 Å². The van der Waals surface area contributed by atoms with Gasteiger partial charge in [0.25, 0.3) is 0 Å². The van der Waals surface area contributed by atoms with Crippen LogP contribution in [0, 0.1) is 0 Å². The second-order valence-corrected chi connectivity index (χ2v) is 4.76. The molecule has 19 heavy (non-hydrogen) atoms. The van der Waals surface area contributed by atoms with Crippen LogP contribution in [0.2, 0.25) is 0 Å². The molecule has 0 aromatic rings. The summed E-state index contributed by atoms with van der Waals surface area (Å²) in [5.41, 5.74) is -0.815. The fourth-order valence-corrected chi connectivity index (χ4v) is 1.10. The van der Waals surface area contributed by atoms with E-state index in [1.54, 1.807) is 20.8 Å². The summed E-state index contributed by atoms with van der Waals surface area (Å²) in [6, 6.07) is -1.58. The highest BCUT2D eigenvalue weighted by molar-refractivity contribution is 5.81. The van der Waals surface area contributed by atoms with E-state index < -0.39 is 42.3 Å². The lowest BCUT2D eigenvalue weighted by Crippen LogP contribution is -2.45.